The SMILES string of the molecule is CC(=O)Nc1ccc(C(=O)NC(C)C(=O)N2CC(F)(F)CC2C(=O)NC2CC(=O)OC2OCC2CCCC2)cc1Cl. The third kappa shape index (κ3) is 7.70. The van der Waals surface area contributed by atoms with Gasteiger partial charge in [-0.05, 0) is 43.9 Å². The molecular weight excluding hydrogens is 566 g/mol. The Labute approximate surface area is 240 Å². The second-order valence-corrected chi connectivity index (χ2v) is 11.2. The van der Waals surface area contributed by atoms with Gasteiger partial charge in [-0.1, -0.05) is 24.4 Å². The molecule has 224 valence electrons. The highest BCUT2D eigenvalue weighted by Crippen LogP contribution is 2.33. The van der Waals surface area contributed by atoms with Gasteiger partial charge in [0.2, 0.25) is 24.0 Å². The molecule has 11 nitrogen and oxygen atoms in total. The van der Waals surface area contributed by atoms with Crippen molar-refractivity contribution >= 4 is 46.9 Å². The lowest BCUT2D eigenvalue weighted by Crippen LogP contribution is -2.54. The Morgan fingerprint density at radius 3 is 2.59 bits per heavy atom. The van der Waals surface area contributed by atoms with Gasteiger partial charge < -0.3 is 30.3 Å². The molecular formula is C27H33ClF2N4O7. The van der Waals surface area contributed by atoms with Gasteiger partial charge in [0.15, 0.2) is 0 Å². The summed E-state index contributed by atoms with van der Waals surface area (Å²) in [5.74, 6) is -6.42. The smallest absolute Gasteiger partial charge is 0.310 e. The number of anilines is 1. The Hall–Kier alpha value is -3.32. The molecule has 14 heteroatoms. The minimum atomic E-state index is -3.34. The molecule has 1 aromatic rings. The summed E-state index contributed by atoms with van der Waals surface area (Å²) in [6.07, 6.45) is 2.03. The Bertz CT molecular complexity index is 1210. The summed E-state index contributed by atoms with van der Waals surface area (Å²) in [6, 6.07) is 0.392. The number of benzene rings is 1. The molecule has 1 aliphatic carbocycles. The number of carbonyl (C=O) groups excluding carboxylic acids is 5. The zero-order chi connectivity index (χ0) is 29.9. The Morgan fingerprint density at radius 2 is 1.93 bits per heavy atom. The number of hydrogen-bond acceptors (Lipinski definition) is 7. The van der Waals surface area contributed by atoms with Crippen molar-refractivity contribution in [1.29, 1.82) is 0 Å². The van der Waals surface area contributed by atoms with Crippen LogP contribution in [0, 0.1) is 5.92 Å². The number of alkyl halides is 2. The van der Waals surface area contributed by atoms with E-state index in [2.05, 4.69) is 16.0 Å². The van der Waals surface area contributed by atoms with Gasteiger partial charge >= 0.3 is 5.97 Å². The number of likely N-dealkylation sites (tertiary alicyclic amines) is 1. The van der Waals surface area contributed by atoms with Gasteiger partial charge in [0.1, 0.15) is 18.1 Å². The van der Waals surface area contributed by atoms with Crippen LogP contribution in [0.5, 0.6) is 0 Å². The van der Waals surface area contributed by atoms with Crippen LogP contribution in [-0.2, 0) is 28.7 Å². The molecule has 0 bridgehead atoms. The highest BCUT2D eigenvalue weighted by Gasteiger charge is 2.51. The maximum Gasteiger partial charge on any atom is 0.310 e. The molecule has 3 N–H and O–H groups in total. The summed E-state index contributed by atoms with van der Waals surface area (Å²) in [5.41, 5.74) is 0.355. The Kier molecular flexibility index (Phi) is 9.48. The van der Waals surface area contributed by atoms with E-state index in [-0.39, 0.29) is 28.6 Å². The van der Waals surface area contributed by atoms with Crippen LogP contribution in [0.2, 0.25) is 5.02 Å². The monoisotopic (exact) mass is 598 g/mol. The van der Waals surface area contributed by atoms with Crippen LogP contribution in [-0.4, -0.2) is 78.0 Å². The van der Waals surface area contributed by atoms with E-state index < -0.39 is 67.0 Å². The summed E-state index contributed by atoms with van der Waals surface area (Å²) >= 11 is 6.11. The molecule has 2 aliphatic heterocycles. The van der Waals surface area contributed by atoms with Crippen molar-refractivity contribution < 1.29 is 42.2 Å². The standard InChI is InChI=1S/C27H33ClF2N4O7/c1-14(31-23(37)17-7-8-19(18(28)9-17)32-15(2)35)25(39)34-13-27(29,30)11-21(34)24(38)33-20-10-22(36)41-26(20)40-12-16-5-3-4-6-16/h7-9,14,16,20-21,26H,3-6,10-13H2,1-2H3,(H,31,37)(H,32,35)(H,33,38). The van der Waals surface area contributed by atoms with Crippen molar-refractivity contribution in [3.8, 4) is 0 Å². The van der Waals surface area contributed by atoms with Crippen molar-refractivity contribution in [2.45, 2.75) is 82.7 Å². The fourth-order valence-electron chi connectivity index (χ4n) is 5.31. The first kappa shape index (κ1) is 30.6. The molecule has 4 rings (SSSR count). The highest BCUT2D eigenvalue weighted by molar-refractivity contribution is 6.34. The fourth-order valence-corrected chi connectivity index (χ4v) is 5.54. The number of nitrogens with zero attached hydrogens (tertiary/aromatic N) is 1. The number of ether oxygens (including phenoxy) is 2. The van der Waals surface area contributed by atoms with Gasteiger partial charge in [-0.25, -0.2) is 8.78 Å². The molecule has 4 unspecified atom stereocenters. The Balaban J connectivity index is 1.38. The Morgan fingerprint density at radius 1 is 1.22 bits per heavy atom. The van der Waals surface area contributed by atoms with Gasteiger partial charge in [0, 0.05) is 18.9 Å². The maximum absolute atomic E-state index is 14.5. The van der Waals surface area contributed by atoms with E-state index >= 15 is 0 Å². The molecule has 2 heterocycles. The topological polar surface area (TPSA) is 143 Å². The van der Waals surface area contributed by atoms with E-state index in [0.29, 0.717) is 12.5 Å². The number of hydrogen-bond donors (Lipinski definition) is 3. The molecule has 1 saturated carbocycles. The molecule has 0 spiro atoms. The lowest BCUT2D eigenvalue weighted by atomic mass is 10.1. The van der Waals surface area contributed by atoms with Crippen LogP contribution in [0.15, 0.2) is 18.2 Å². The number of cyclic esters (lactones) is 1. The molecule has 4 atom stereocenters. The second kappa shape index (κ2) is 12.7. The van der Waals surface area contributed by atoms with Crippen LogP contribution < -0.4 is 16.0 Å². The number of esters is 1. The van der Waals surface area contributed by atoms with Gasteiger partial charge in [-0.3, -0.25) is 24.0 Å². The average Bonchev–Trinajstić information content (AvgIpc) is 3.61. The van der Waals surface area contributed by atoms with E-state index in [4.69, 9.17) is 21.1 Å². The molecule has 0 aromatic heterocycles. The number of carbonyl (C=O) groups is 5. The fraction of sp³-hybridized carbons (Fsp3) is 0.593. The first-order valence-corrected chi connectivity index (χ1v) is 13.9. The molecule has 41 heavy (non-hydrogen) atoms. The van der Waals surface area contributed by atoms with Crippen molar-refractivity contribution in [1.82, 2.24) is 15.5 Å². The van der Waals surface area contributed by atoms with Crippen molar-refractivity contribution in [3.63, 3.8) is 0 Å². The molecule has 3 fully saturated rings. The van der Waals surface area contributed by atoms with E-state index in [1.807, 2.05) is 0 Å². The number of halogens is 3. The van der Waals surface area contributed by atoms with E-state index in [9.17, 15) is 32.8 Å². The zero-order valence-corrected chi connectivity index (χ0v) is 23.5. The lowest BCUT2D eigenvalue weighted by Gasteiger charge is -2.28. The van der Waals surface area contributed by atoms with Crippen LogP contribution in [0.3, 0.4) is 0 Å². The normalized spacial score (nSPS) is 24.6. The third-order valence-corrected chi connectivity index (χ3v) is 7.69. The van der Waals surface area contributed by atoms with E-state index in [1.54, 1.807) is 0 Å². The minimum Gasteiger partial charge on any atom is -0.433 e. The van der Waals surface area contributed by atoms with E-state index in [0.717, 1.165) is 30.6 Å². The summed E-state index contributed by atoms with van der Waals surface area (Å²) in [5, 5.41) is 7.59. The third-order valence-electron chi connectivity index (χ3n) is 7.38. The van der Waals surface area contributed by atoms with Crippen molar-refractivity contribution in [2.75, 3.05) is 18.5 Å². The maximum atomic E-state index is 14.5. The quantitative estimate of drug-likeness (QED) is 0.371. The van der Waals surface area contributed by atoms with Crippen molar-refractivity contribution in [3.05, 3.63) is 28.8 Å². The number of amides is 4. The first-order valence-electron chi connectivity index (χ1n) is 13.5. The number of rotatable bonds is 9. The van der Waals surface area contributed by atoms with Crippen molar-refractivity contribution in [2.24, 2.45) is 5.92 Å². The van der Waals surface area contributed by atoms with E-state index in [1.165, 1.54) is 32.0 Å². The highest BCUT2D eigenvalue weighted by atomic mass is 35.5. The van der Waals surface area contributed by atoms with Crippen LogP contribution in [0.25, 0.3) is 0 Å². The van der Waals surface area contributed by atoms with Gasteiger partial charge in [0.25, 0.3) is 11.8 Å². The molecule has 2 saturated heterocycles. The predicted octanol–water partition coefficient (Wildman–Crippen LogP) is 2.62. The first-order chi connectivity index (χ1) is 19.3. The summed E-state index contributed by atoms with van der Waals surface area (Å²) in [4.78, 5) is 63.0. The van der Waals surface area contributed by atoms with Gasteiger partial charge in [-0.15, -0.1) is 0 Å². The van der Waals surface area contributed by atoms with Crippen LogP contribution >= 0.6 is 11.6 Å². The largest absolute Gasteiger partial charge is 0.433 e. The zero-order valence-electron chi connectivity index (χ0n) is 22.7. The molecule has 3 aliphatic rings. The number of nitrogens with one attached hydrogen (secondary N) is 3. The summed E-state index contributed by atoms with van der Waals surface area (Å²) in [6.45, 7) is 1.96. The second-order valence-electron chi connectivity index (χ2n) is 10.8. The van der Waals surface area contributed by atoms with Gasteiger partial charge in [-0.2, -0.15) is 0 Å². The minimum absolute atomic E-state index is 0.0688. The average molecular weight is 599 g/mol. The van der Waals surface area contributed by atoms with Crippen LogP contribution in [0.1, 0.15) is 62.7 Å². The molecule has 0 radical (unpaired) electrons. The predicted molar refractivity (Wildman–Crippen MR) is 142 cm³/mol. The van der Waals surface area contributed by atoms with Crippen LogP contribution in [0.4, 0.5) is 14.5 Å². The lowest BCUT2D eigenvalue weighted by molar-refractivity contribution is -0.168. The summed E-state index contributed by atoms with van der Waals surface area (Å²) in [7, 11) is 0. The van der Waals surface area contributed by atoms with Gasteiger partial charge in [0.05, 0.1) is 30.3 Å². The molecule has 1 aromatic carbocycles. The summed E-state index contributed by atoms with van der Waals surface area (Å²) < 4.78 is 39.9. The molecule has 4 amide bonds.